The number of hydrogen-bond acceptors (Lipinski definition) is 2. The van der Waals surface area contributed by atoms with E-state index in [0.717, 1.165) is 5.56 Å². The minimum atomic E-state index is -0.211. The lowest BCUT2D eigenvalue weighted by molar-refractivity contribution is -0.130. The lowest BCUT2D eigenvalue weighted by Gasteiger charge is -2.22. The first-order chi connectivity index (χ1) is 13.1. The fourth-order valence-corrected chi connectivity index (χ4v) is 2.69. The van der Waals surface area contributed by atoms with Gasteiger partial charge in [-0.15, -0.1) is 0 Å². The second-order valence-corrected chi connectivity index (χ2v) is 6.09. The molecule has 0 saturated carbocycles. The summed E-state index contributed by atoms with van der Waals surface area (Å²) in [5.74, 6) is 0.311. The summed E-state index contributed by atoms with van der Waals surface area (Å²) in [4.78, 5) is 18.4. The van der Waals surface area contributed by atoms with Crippen molar-refractivity contribution in [1.82, 2.24) is 15.5 Å². The van der Waals surface area contributed by atoms with Crippen LogP contribution in [-0.2, 0) is 17.8 Å². The summed E-state index contributed by atoms with van der Waals surface area (Å²) in [7, 11) is 1.64. The molecule has 0 aliphatic rings. The number of guanidine groups is 1. The van der Waals surface area contributed by atoms with Gasteiger partial charge in [-0.2, -0.15) is 0 Å². The third-order valence-electron chi connectivity index (χ3n) is 4.23. The maximum absolute atomic E-state index is 13.6. The smallest absolute Gasteiger partial charge is 0.242 e. The Morgan fingerprint density at radius 1 is 1.07 bits per heavy atom. The molecule has 0 unspecified atom stereocenters. The number of hydrogen-bond donors (Lipinski definition) is 2. The van der Waals surface area contributed by atoms with Gasteiger partial charge in [0.05, 0.1) is 6.54 Å². The lowest BCUT2D eigenvalue weighted by atomic mass is 10.1. The predicted molar refractivity (Wildman–Crippen MR) is 107 cm³/mol. The summed E-state index contributed by atoms with van der Waals surface area (Å²) in [6.07, 6.45) is 0.538. The van der Waals surface area contributed by atoms with Crippen LogP contribution in [0.15, 0.2) is 59.6 Å². The molecule has 6 heteroatoms. The SMILES string of the molecule is CCN(Cc1ccccc1)C(=O)CNC(=NC)NCCc1ccccc1F. The molecule has 2 rings (SSSR count). The van der Waals surface area contributed by atoms with E-state index in [0.29, 0.717) is 37.6 Å². The van der Waals surface area contributed by atoms with Crippen LogP contribution < -0.4 is 10.6 Å². The van der Waals surface area contributed by atoms with E-state index >= 15 is 0 Å². The molecule has 0 radical (unpaired) electrons. The maximum atomic E-state index is 13.6. The normalized spacial score (nSPS) is 11.1. The van der Waals surface area contributed by atoms with Crippen LogP contribution in [0.4, 0.5) is 4.39 Å². The van der Waals surface area contributed by atoms with Crippen molar-refractivity contribution in [2.75, 3.05) is 26.7 Å². The second kappa shape index (κ2) is 11.0. The van der Waals surface area contributed by atoms with E-state index in [2.05, 4.69) is 15.6 Å². The quantitative estimate of drug-likeness (QED) is 0.555. The molecule has 2 aromatic rings. The number of aliphatic imine (C=N–C) groups is 1. The molecule has 2 N–H and O–H groups in total. The van der Waals surface area contributed by atoms with Crippen molar-refractivity contribution < 1.29 is 9.18 Å². The molecule has 0 aliphatic carbocycles. The van der Waals surface area contributed by atoms with Crippen LogP contribution in [0.1, 0.15) is 18.1 Å². The first-order valence-corrected chi connectivity index (χ1v) is 9.13. The Kier molecular flexibility index (Phi) is 8.29. The molecule has 0 aromatic heterocycles. The molecule has 0 heterocycles. The minimum Gasteiger partial charge on any atom is -0.356 e. The Balaban J connectivity index is 1.78. The summed E-state index contributed by atoms with van der Waals surface area (Å²) in [6, 6.07) is 16.6. The van der Waals surface area contributed by atoms with Crippen LogP contribution in [0.5, 0.6) is 0 Å². The van der Waals surface area contributed by atoms with Gasteiger partial charge in [0.15, 0.2) is 5.96 Å². The van der Waals surface area contributed by atoms with Gasteiger partial charge in [0, 0.05) is 26.7 Å². The molecule has 0 saturated heterocycles. The predicted octanol–water partition coefficient (Wildman–Crippen LogP) is 2.58. The van der Waals surface area contributed by atoms with Crippen LogP contribution in [0.3, 0.4) is 0 Å². The molecule has 0 atom stereocenters. The van der Waals surface area contributed by atoms with Gasteiger partial charge >= 0.3 is 0 Å². The van der Waals surface area contributed by atoms with Gasteiger partial charge in [-0.3, -0.25) is 9.79 Å². The van der Waals surface area contributed by atoms with E-state index in [1.807, 2.05) is 43.3 Å². The summed E-state index contributed by atoms with van der Waals surface area (Å²) in [5.41, 5.74) is 1.75. The average Bonchev–Trinajstić information content (AvgIpc) is 2.70. The summed E-state index contributed by atoms with van der Waals surface area (Å²) >= 11 is 0. The number of halogens is 1. The van der Waals surface area contributed by atoms with Crippen molar-refractivity contribution in [1.29, 1.82) is 0 Å². The van der Waals surface area contributed by atoms with E-state index in [1.54, 1.807) is 24.1 Å². The largest absolute Gasteiger partial charge is 0.356 e. The van der Waals surface area contributed by atoms with Gasteiger partial charge in [0.1, 0.15) is 5.82 Å². The second-order valence-electron chi connectivity index (χ2n) is 6.09. The standard InChI is InChI=1S/C21H27FN4O/c1-3-26(16-17-9-5-4-6-10-17)20(27)15-25-21(23-2)24-14-13-18-11-7-8-12-19(18)22/h4-12H,3,13-16H2,1-2H3,(H2,23,24,25). The summed E-state index contributed by atoms with van der Waals surface area (Å²) < 4.78 is 13.6. The molecule has 0 fully saturated rings. The van der Waals surface area contributed by atoms with Crippen LogP contribution in [0.2, 0.25) is 0 Å². The van der Waals surface area contributed by atoms with Crippen molar-refractivity contribution in [2.45, 2.75) is 19.9 Å². The van der Waals surface area contributed by atoms with E-state index in [9.17, 15) is 9.18 Å². The van der Waals surface area contributed by atoms with E-state index in [-0.39, 0.29) is 18.3 Å². The molecule has 0 spiro atoms. The first-order valence-electron chi connectivity index (χ1n) is 9.13. The van der Waals surface area contributed by atoms with Crippen LogP contribution >= 0.6 is 0 Å². The van der Waals surface area contributed by atoms with Crippen molar-refractivity contribution in [2.24, 2.45) is 4.99 Å². The molecular formula is C21H27FN4O. The van der Waals surface area contributed by atoms with E-state index in [4.69, 9.17) is 0 Å². The molecule has 0 bridgehead atoms. The highest BCUT2D eigenvalue weighted by molar-refractivity contribution is 5.86. The van der Waals surface area contributed by atoms with Crippen LogP contribution in [-0.4, -0.2) is 43.4 Å². The highest BCUT2D eigenvalue weighted by atomic mass is 19.1. The van der Waals surface area contributed by atoms with Crippen molar-refractivity contribution >= 4 is 11.9 Å². The zero-order chi connectivity index (χ0) is 19.5. The molecule has 144 valence electrons. The van der Waals surface area contributed by atoms with Gasteiger partial charge in [0.2, 0.25) is 5.91 Å². The van der Waals surface area contributed by atoms with Crippen molar-refractivity contribution in [3.63, 3.8) is 0 Å². The van der Waals surface area contributed by atoms with Gasteiger partial charge in [-0.05, 0) is 30.5 Å². The monoisotopic (exact) mass is 370 g/mol. The van der Waals surface area contributed by atoms with Gasteiger partial charge < -0.3 is 15.5 Å². The zero-order valence-corrected chi connectivity index (χ0v) is 15.9. The fourth-order valence-electron chi connectivity index (χ4n) is 2.69. The molecule has 5 nitrogen and oxygen atoms in total. The third-order valence-corrected chi connectivity index (χ3v) is 4.23. The Morgan fingerprint density at radius 2 is 1.78 bits per heavy atom. The lowest BCUT2D eigenvalue weighted by Crippen LogP contribution is -2.44. The molecule has 2 aromatic carbocycles. The number of carbonyl (C=O) groups excluding carboxylic acids is 1. The number of nitrogens with one attached hydrogen (secondary N) is 2. The van der Waals surface area contributed by atoms with Gasteiger partial charge in [0.25, 0.3) is 0 Å². The molecular weight excluding hydrogens is 343 g/mol. The minimum absolute atomic E-state index is 0.00148. The number of amides is 1. The summed E-state index contributed by atoms with van der Waals surface area (Å²) in [6.45, 7) is 3.85. The molecule has 0 aliphatic heterocycles. The third kappa shape index (κ3) is 6.73. The maximum Gasteiger partial charge on any atom is 0.242 e. The zero-order valence-electron chi connectivity index (χ0n) is 15.9. The van der Waals surface area contributed by atoms with E-state index in [1.165, 1.54) is 6.07 Å². The Labute approximate surface area is 160 Å². The highest BCUT2D eigenvalue weighted by Crippen LogP contribution is 2.06. The summed E-state index contributed by atoms with van der Waals surface area (Å²) in [5, 5.41) is 6.13. The highest BCUT2D eigenvalue weighted by Gasteiger charge is 2.12. The number of likely N-dealkylation sites (N-methyl/N-ethyl adjacent to an activating group) is 1. The average molecular weight is 370 g/mol. The Morgan fingerprint density at radius 3 is 2.44 bits per heavy atom. The topological polar surface area (TPSA) is 56.7 Å². The first kappa shape index (κ1) is 20.4. The Bertz CT molecular complexity index is 749. The molecule has 27 heavy (non-hydrogen) atoms. The fraction of sp³-hybridized carbons (Fsp3) is 0.333. The number of carbonyl (C=O) groups is 1. The number of nitrogens with zero attached hydrogens (tertiary/aromatic N) is 2. The van der Waals surface area contributed by atoms with Crippen molar-refractivity contribution in [3.05, 3.63) is 71.5 Å². The van der Waals surface area contributed by atoms with E-state index < -0.39 is 0 Å². The number of benzene rings is 2. The van der Waals surface area contributed by atoms with Crippen LogP contribution in [0, 0.1) is 5.82 Å². The van der Waals surface area contributed by atoms with Crippen LogP contribution in [0.25, 0.3) is 0 Å². The Hall–Kier alpha value is -2.89. The van der Waals surface area contributed by atoms with Gasteiger partial charge in [-0.25, -0.2) is 4.39 Å². The van der Waals surface area contributed by atoms with Gasteiger partial charge in [-0.1, -0.05) is 48.5 Å². The number of rotatable bonds is 8. The van der Waals surface area contributed by atoms with Crippen molar-refractivity contribution in [3.8, 4) is 0 Å². The molecule has 1 amide bonds.